The maximum atomic E-state index is 10.4. The number of aliphatic imine (C=N–C) groups is 1. The molecule has 0 aromatic carbocycles. The highest BCUT2D eigenvalue weighted by atomic mass is 16.7. The first-order valence-electron chi connectivity index (χ1n) is 4.49. The quantitative estimate of drug-likeness (QED) is 0.402. The third kappa shape index (κ3) is 2.54. The third-order valence-electron chi connectivity index (χ3n) is 1.80. The SMILES string of the molecule is NC1N=NC(=C2N=NC(N[N+](=O)[O-])=N2)N1N[N+](=O)[O-]. The van der Waals surface area contributed by atoms with Crippen molar-refractivity contribution in [1.29, 1.82) is 0 Å². The summed E-state index contributed by atoms with van der Waals surface area (Å²) >= 11 is 0. The molecule has 15 nitrogen and oxygen atoms in total. The lowest BCUT2D eigenvalue weighted by Crippen LogP contribution is -2.48. The average molecular weight is 271 g/mol. The highest BCUT2D eigenvalue weighted by Crippen LogP contribution is 2.23. The summed E-state index contributed by atoms with van der Waals surface area (Å²) in [6.07, 6.45) is -1.15. The molecule has 0 saturated carbocycles. The molecule has 0 amide bonds. The first kappa shape index (κ1) is 12.2. The number of guanidine groups is 1. The molecule has 19 heavy (non-hydrogen) atoms. The van der Waals surface area contributed by atoms with Crippen LogP contribution < -0.4 is 16.7 Å². The normalized spacial score (nSPS) is 24.6. The molecule has 2 rings (SSSR count). The van der Waals surface area contributed by atoms with Crippen molar-refractivity contribution in [3.63, 3.8) is 0 Å². The molecule has 0 aromatic rings. The third-order valence-corrected chi connectivity index (χ3v) is 1.80. The monoisotopic (exact) mass is 271 g/mol. The zero-order valence-corrected chi connectivity index (χ0v) is 8.87. The van der Waals surface area contributed by atoms with Gasteiger partial charge in [0.15, 0.2) is 10.1 Å². The molecule has 1 unspecified atom stereocenters. The Labute approximate surface area is 102 Å². The summed E-state index contributed by atoms with van der Waals surface area (Å²) in [5.41, 5.74) is 8.82. The molecular formula is C4H5N11O4. The second-order valence-electron chi connectivity index (χ2n) is 3.01. The Balaban J connectivity index is 2.25. The van der Waals surface area contributed by atoms with Gasteiger partial charge in [-0.3, -0.25) is 5.73 Å². The molecule has 2 heterocycles. The number of hydrogen-bond acceptors (Lipinski definition) is 11. The minimum atomic E-state index is -1.15. The molecule has 100 valence electrons. The molecule has 2 aliphatic heterocycles. The van der Waals surface area contributed by atoms with Crippen molar-refractivity contribution in [3.05, 3.63) is 31.9 Å². The molecule has 4 N–H and O–H groups in total. The second-order valence-corrected chi connectivity index (χ2v) is 3.01. The van der Waals surface area contributed by atoms with Crippen molar-refractivity contribution in [3.8, 4) is 0 Å². The fourth-order valence-electron chi connectivity index (χ4n) is 1.15. The molecular weight excluding hydrogens is 266 g/mol. The van der Waals surface area contributed by atoms with Crippen LogP contribution in [0, 0.1) is 20.2 Å². The first-order chi connectivity index (χ1) is 8.97. The summed E-state index contributed by atoms with van der Waals surface area (Å²) in [7, 11) is 0. The largest absolute Gasteiger partial charge is 0.305 e. The second kappa shape index (κ2) is 4.56. The van der Waals surface area contributed by atoms with E-state index < -0.39 is 22.3 Å². The van der Waals surface area contributed by atoms with Crippen LogP contribution in [0.2, 0.25) is 0 Å². The number of hydrogen-bond donors (Lipinski definition) is 3. The van der Waals surface area contributed by atoms with Gasteiger partial charge in [0, 0.05) is 0 Å². The van der Waals surface area contributed by atoms with Crippen molar-refractivity contribution >= 4 is 5.96 Å². The highest BCUT2D eigenvalue weighted by Gasteiger charge is 2.31. The van der Waals surface area contributed by atoms with Crippen LogP contribution in [0.15, 0.2) is 37.1 Å². The first-order valence-corrected chi connectivity index (χ1v) is 4.49. The molecule has 1 atom stereocenters. The van der Waals surface area contributed by atoms with E-state index in [1.807, 2.05) is 0 Å². The minimum absolute atomic E-state index is 0.187. The summed E-state index contributed by atoms with van der Waals surface area (Å²) in [5.74, 6) is -0.798. The summed E-state index contributed by atoms with van der Waals surface area (Å²) in [6.45, 7) is 0. The topological polar surface area (TPSA) is 201 Å². The van der Waals surface area contributed by atoms with Crippen LogP contribution >= 0.6 is 0 Å². The van der Waals surface area contributed by atoms with Crippen molar-refractivity contribution < 1.29 is 10.1 Å². The number of nitrogens with two attached hydrogens (primary N) is 1. The Kier molecular flexibility index (Phi) is 2.94. The van der Waals surface area contributed by atoms with Crippen LogP contribution in [0.1, 0.15) is 0 Å². The zero-order chi connectivity index (χ0) is 14.0. The molecule has 0 aliphatic carbocycles. The summed E-state index contributed by atoms with van der Waals surface area (Å²) in [5, 5.41) is 33.3. The van der Waals surface area contributed by atoms with Crippen LogP contribution in [0.4, 0.5) is 0 Å². The summed E-state index contributed by atoms with van der Waals surface area (Å²) in [4.78, 5) is 24.1. The molecule has 0 spiro atoms. The van der Waals surface area contributed by atoms with E-state index in [1.165, 1.54) is 0 Å². The number of rotatable bonds is 3. The fourth-order valence-corrected chi connectivity index (χ4v) is 1.15. The number of nitrogens with zero attached hydrogens (tertiary/aromatic N) is 8. The van der Waals surface area contributed by atoms with E-state index in [1.54, 1.807) is 11.0 Å². The van der Waals surface area contributed by atoms with Crippen LogP contribution in [-0.2, 0) is 0 Å². The summed E-state index contributed by atoms with van der Waals surface area (Å²) in [6, 6.07) is 0. The van der Waals surface area contributed by atoms with Gasteiger partial charge in [0.25, 0.3) is 0 Å². The number of azo groups is 2. The highest BCUT2D eigenvalue weighted by molar-refractivity contribution is 5.81. The maximum absolute atomic E-state index is 10.4. The Morgan fingerprint density at radius 1 is 1.21 bits per heavy atom. The molecule has 0 aromatic heterocycles. The van der Waals surface area contributed by atoms with Gasteiger partial charge in [-0.2, -0.15) is 10.0 Å². The van der Waals surface area contributed by atoms with E-state index in [0.717, 1.165) is 5.01 Å². The standard InChI is InChI=1S/C4H5N11O4/c5-3-9-8-2(13(3)12-15(18)19)1-6-4(10-7-1)11-14(16)17/h3,12H,5H2,(H,6,11). The Bertz CT molecular complexity index is 547. The molecule has 15 heteroatoms. The van der Waals surface area contributed by atoms with E-state index in [-0.39, 0.29) is 11.6 Å². The van der Waals surface area contributed by atoms with Gasteiger partial charge in [0.2, 0.25) is 17.9 Å². The molecule has 0 bridgehead atoms. The van der Waals surface area contributed by atoms with E-state index in [0.29, 0.717) is 0 Å². The van der Waals surface area contributed by atoms with Gasteiger partial charge >= 0.3 is 5.96 Å². The van der Waals surface area contributed by atoms with Gasteiger partial charge in [-0.1, -0.05) is 5.43 Å². The van der Waals surface area contributed by atoms with Gasteiger partial charge in [-0.05, 0) is 5.53 Å². The van der Waals surface area contributed by atoms with E-state index in [2.05, 4.69) is 25.4 Å². The summed E-state index contributed by atoms with van der Waals surface area (Å²) < 4.78 is 0. The molecule has 0 radical (unpaired) electrons. The molecule has 0 fully saturated rings. The van der Waals surface area contributed by atoms with Crippen molar-refractivity contribution in [1.82, 2.24) is 16.0 Å². The van der Waals surface area contributed by atoms with Gasteiger partial charge < -0.3 is 0 Å². The lowest BCUT2D eigenvalue weighted by molar-refractivity contribution is -0.577. The van der Waals surface area contributed by atoms with Crippen molar-refractivity contribution in [2.45, 2.75) is 6.29 Å². The van der Waals surface area contributed by atoms with Crippen LogP contribution in [0.3, 0.4) is 0 Å². The van der Waals surface area contributed by atoms with E-state index in [4.69, 9.17) is 5.73 Å². The maximum Gasteiger partial charge on any atom is 0.305 e. The lowest BCUT2D eigenvalue weighted by Gasteiger charge is -2.15. The predicted molar refractivity (Wildman–Crippen MR) is 54.2 cm³/mol. The predicted octanol–water partition coefficient (Wildman–Crippen LogP) is -1.58. The number of hydrazine groups is 3. The van der Waals surface area contributed by atoms with Crippen LogP contribution in [0.5, 0.6) is 0 Å². The van der Waals surface area contributed by atoms with Crippen LogP contribution in [0.25, 0.3) is 0 Å². The smallest absolute Gasteiger partial charge is 0.289 e. The van der Waals surface area contributed by atoms with Gasteiger partial charge in [0.05, 0.1) is 0 Å². The number of nitro groups is 2. The Morgan fingerprint density at radius 2 is 1.95 bits per heavy atom. The Morgan fingerprint density at radius 3 is 2.58 bits per heavy atom. The van der Waals surface area contributed by atoms with Crippen molar-refractivity contribution in [2.24, 2.45) is 31.2 Å². The van der Waals surface area contributed by atoms with E-state index in [9.17, 15) is 20.2 Å². The fraction of sp³-hybridized carbons (Fsp3) is 0.250. The van der Waals surface area contributed by atoms with E-state index >= 15 is 0 Å². The van der Waals surface area contributed by atoms with Gasteiger partial charge in [-0.25, -0.2) is 20.2 Å². The van der Waals surface area contributed by atoms with Crippen LogP contribution in [-0.4, -0.2) is 27.3 Å². The Hall–Kier alpha value is -3.23. The lowest BCUT2D eigenvalue weighted by atomic mass is 10.6. The van der Waals surface area contributed by atoms with Crippen molar-refractivity contribution in [2.75, 3.05) is 0 Å². The zero-order valence-electron chi connectivity index (χ0n) is 8.87. The van der Waals surface area contributed by atoms with Gasteiger partial charge in [0.1, 0.15) is 0 Å². The molecule has 2 aliphatic rings. The molecule has 0 saturated heterocycles. The number of nitrogens with one attached hydrogen (secondary N) is 2. The minimum Gasteiger partial charge on any atom is -0.289 e. The van der Waals surface area contributed by atoms with Gasteiger partial charge in [-0.15, -0.1) is 20.5 Å². The average Bonchev–Trinajstić information content (AvgIpc) is 2.86.